The van der Waals surface area contributed by atoms with Crippen molar-refractivity contribution in [2.24, 2.45) is 0 Å². The minimum atomic E-state index is -1.24. The molecule has 0 aliphatic heterocycles. The zero-order chi connectivity index (χ0) is 13.0. The van der Waals surface area contributed by atoms with Gasteiger partial charge >= 0.3 is 5.97 Å². The number of carboxylic acids is 1. The minimum absolute atomic E-state index is 0.0215. The van der Waals surface area contributed by atoms with Gasteiger partial charge in [-0.3, -0.25) is 0 Å². The van der Waals surface area contributed by atoms with E-state index in [-0.39, 0.29) is 28.4 Å². The molecular formula is C11H11NO5. The normalized spacial score (nSPS) is 9.29. The molecule has 17 heavy (non-hydrogen) atoms. The van der Waals surface area contributed by atoms with Crippen LogP contribution in [0.3, 0.4) is 0 Å². The Morgan fingerprint density at radius 1 is 1.24 bits per heavy atom. The van der Waals surface area contributed by atoms with Crippen molar-refractivity contribution in [2.45, 2.75) is 0 Å². The molecular weight excluding hydrogens is 226 g/mol. The van der Waals surface area contributed by atoms with Gasteiger partial charge < -0.3 is 19.3 Å². The zero-order valence-electron chi connectivity index (χ0n) is 9.60. The highest BCUT2D eigenvalue weighted by Crippen LogP contribution is 2.38. The van der Waals surface area contributed by atoms with Gasteiger partial charge in [-0.2, -0.15) is 5.26 Å². The van der Waals surface area contributed by atoms with Crippen molar-refractivity contribution >= 4 is 5.97 Å². The molecule has 0 fully saturated rings. The molecule has 0 spiro atoms. The summed E-state index contributed by atoms with van der Waals surface area (Å²) in [4.78, 5) is 11.1. The van der Waals surface area contributed by atoms with Crippen molar-refractivity contribution in [2.75, 3.05) is 21.3 Å². The number of hydrogen-bond acceptors (Lipinski definition) is 5. The predicted molar refractivity (Wildman–Crippen MR) is 57.8 cm³/mol. The lowest BCUT2D eigenvalue weighted by Gasteiger charge is -2.14. The third kappa shape index (κ3) is 2.08. The first-order valence-corrected chi connectivity index (χ1v) is 4.57. The van der Waals surface area contributed by atoms with Crippen LogP contribution in [0.2, 0.25) is 0 Å². The van der Waals surface area contributed by atoms with Gasteiger partial charge in [0.05, 0.1) is 21.3 Å². The first kappa shape index (κ1) is 12.6. The molecule has 0 amide bonds. The number of carboxylic acid groups (broad SMARTS) is 1. The maximum absolute atomic E-state index is 11.1. The second-order valence-corrected chi connectivity index (χ2v) is 2.98. The summed E-state index contributed by atoms with van der Waals surface area (Å²) in [6, 6.07) is 3.18. The summed E-state index contributed by atoms with van der Waals surface area (Å²) in [6.07, 6.45) is 0. The van der Waals surface area contributed by atoms with Crippen molar-refractivity contribution in [3.8, 4) is 23.3 Å². The number of aromatic carboxylic acids is 1. The van der Waals surface area contributed by atoms with Crippen molar-refractivity contribution in [1.29, 1.82) is 5.26 Å². The smallest absolute Gasteiger partial charge is 0.343 e. The molecule has 0 bridgehead atoms. The summed E-state index contributed by atoms with van der Waals surface area (Å²) in [7, 11) is 3.98. The van der Waals surface area contributed by atoms with E-state index in [1.54, 1.807) is 0 Å². The third-order valence-corrected chi connectivity index (χ3v) is 2.18. The number of rotatable bonds is 4. The molecule has 0 radical (unpaired) electrons. The molecule has 90 valence electrons. The van der Waals surface area contributed by atoms with Crippen molar-refractivity contribution in [3.63, 3.8) is 0 Å². The van der Waals surface area contributed by atoms with Gasteiger partial charge in [-0.1, -0.05) is 0 Å². The highest BCUT2D eigenvalue weighted by molar-refractivity contribution is 5.96. The number of nitrogens with zero attached hydrogens (tertiary/aromatic N) is 1. The van der Waals surface area contributed by atoms with Gasteiger partial charge in [0.15, 0.2) is 5.75 Å². The van der Waals surface area contributed by atoms with Crippen LogP contribution in [0.1, 0.15) is 15.9 Å². The van der Waals surface area contributed by atoms with E-state index in [9.17, 15) is 4.79 Å². The lowest BCUT2D eigenvalue weighted by molar-refractivity contribution is 0.0689. The second kappa shape index (κ2) is 5.07. The van der Waals surface area contributed by atoms with Crippen LogP contribution in [0.25, 0.3) is 0 Å². The molecule has 0 heterocycles. The van der Waals surface area contributed by atoms with E-state index in [4.69, 9.17) is 24.6 Å². The molecule has 6 heteroatoms. The Hall–Kier alpha value is -2.42. The Bertz CT molecular complexity index is 490. The van der Waals surface area contributed by atoms with Crippen LogP contribution in [0, 0.1) is 11.3 Å². The van der Waals surface area contributed by atoms with Gasteiger partial charge in [0.2, 0.25) is 0 Å². The van der Waals surface area contributed by atoms with Crippen molar-refractivity contribution in [1.82, 2.24) is 0 Å². The molecule has 0 aliphatic rings. The van der Waals surface area contributed by atoms with Gasteiger partial charge in [0.1, 0.15) is 28.7 Å². The zero-order valence-corrected chi connectivity index (χ0v) is 9.60. The fraction of sp³-hybridized carbons (Fsp3) is 0.273. The number of ether oxygens (including phenoxy) is 3. The van der Waals surface area contributed by atoms with E-state index in [1.807, 2.05) is 6.07 Å². The number of nitriles is 1. The van der Waals surface area contributed by atoms with Crippen LogP contribution >= 0.6 is 0 Å². The largest absolute Gasteiger partial charge is 0.496 e. The van der Waals surface area contributed by atoms with Crippen LogP contribution in [-0.4, -0.2) is 32.4 Å². The van der Waals surface area contributed by atoms with Gasteiger partial charge in [0, 0.05) is 6.07 Å². The van der Waals surface area contributed by atoms with E-state index in [1.165, 1.54) is 27.4 Å². The fourth-order valence-corrected chi connectivity index (χ4v) is 1.45. The Kier molecular flexibility index (Phi) is 3.78. The summed E-state index contributed by atoms with van der Waals surface area (Å²) in [6.45, 7) is 0. The Balaban J connectivity index is 3.69. The van der Waals surface area contributed by atoms with E-state index in [0.717, 1.165) is 0 Å². The molecule has 1 N–H and O–H groups in total. The van der Waals surface area contributed by atoms with Gasteiger partial charge in [0.25, 0.3) is 0 Å². The van der Waals surface area contributed by atoms with Crippen molar-refractivity contribution in [3.05, 3.63) is 17.2 Å². The number of benzene rings is 1. The molecule has 0 aromatic heterocycles. The summed E-state index contributed by atoms with van der Waals surface area (Å²) < 4.78 is 14.9. The standard InChI is InChI=1S/C11H11NO5/c1-15-7-4-8(16-2)9(11(13)14)10(17-3)6(7)5-12/h4H,1-3H3,(H,13,14). The molecule has 6 nitrogen and oxygen atoms in total. The molecule has 0 atom stereocenters. The monoisotopic (exact) mass is 237 g/mol. The van der Waals surface area contributed by atoms with Gasteiger partial charge in [-0.15, -0.1) is 0 Å². The average molecular weight is 237 g/mol. The van der Waals surface area contributed by atoms with Crippen LogP contribution in [0.15, 0.2) is 6.07 Å². The van der Waals surface area contributed by atoms with Crippen LogP contribution < -0.4 is 14.2 Å². The summed E-state index contributed by atoms with van der Waals surface area (Å²) in [5, 5.41) is 18.1. The van der Waals surface area contributed by atoms with Crippen molar-refractivity contribution < 1.29 is 24.1 Å². The average Bonchev–Trinajstić information content (AvgIpc) is 2.35. The summed E-state index contributed by atoms with van der Waals surface area (Å²) >= 11 is 0. The Morgan fingerprint density at radius 2 is 1.82 bits per heavy atom. The van der Waals surface area contributed by atoms with Crippen LogP contribution in [0.4, 0.5) is 0 Å². The lowest BCUT2D eigenvalue weighted by atomic mass is 10.1. The predicted octanol–water partition coefficient (Wildman–Crippen LogP) is 1.28. The Morgan fingerprint density at radius 3 is 2.18 bits per heavy atom. The first-order valence-electron chi connectivity index (χ1n) is 4.57. The lowest BCUT2D eigenvalue weighted by Crippen LogP contribution is -2.06. The van der Waals surface area contributed by atoms with Gasteiger partial charge in [-0.25, -0.2) is 4.79 Å². The summed E-state index contributed by atoms with van der Waals surface area (Å²) in [5.74, 6) is -1.04. The number of carbonyl (C=O) groups is 1. The Labute approximate surface area is 97.9 Å². The molecule has 0 unspecified atom stereocenters. The SMILES string of the molecule is COc1cc(OC)c(C(=O)O)c(OC)c1C#N. The van der Waals surface area contributed by atoms with E-state index in [0.29, 0.717) is 0 Å². The molecule has 1 aromatic rings. The van der Waals surface area contributed by atoms with E-state index in [2.05, 4.69) is 0 Å². The fourth-order valence-electron chi connectivity index (χ4n) is 1.45. The maximum Gasteiger partial charge on any atom is 0.343 e. The highest BCUT2D eigenvalue weighted by atomic mass is 16.5. The van der Waals surface area contributed by atoms with Gasteiger partial charge in [-0.05, 0) is 0 Å². The molecule has 0 saturated heterocycles. The molecule has 0 aliphatic carbocycles. The second-order valence-electron chi connectivity index (χ2n) is 2.98. The third-order valence-electron chi connectivity index (χ3n) is 2.18. The quantitative estimate of drug-likeness (QED) is 0.848. The van der Waals surface area contributed by atoms with Crippen LogP contribution in [0.5, 0.6) is 17.2 Å². The summed E-state index contributed by atoms with van der Waals surface area (Å²) in [5.41, 5.74) is -0.180. The number of methoxy groups -OCH3 is 3. The minimum Gasteiger partial charge on any atom is -0.496 e. The number of hydrogen-bond donors (Lipinski definition) is 1. The molecule has 1 rings (SSSR count). The van der Waals surface area contributed by atoms with E-state index < -0.39 is 5.97 Å². The maximum atomic E-state index is 11.1. The van der Waals surface area contributed by atoms with E-state index >= 15 is 0 Å². The molecule has 0 saturated carbocycles. The topological polar surface area (TPSA) is 88.8 Å². The van der Waals surface area contributed by atoms with Crippen LogP contribution in [-0.2, 0) is 0 Å². The molecule has 1 aromatic carbocycles. The highest BCUT2D eigenvalue weighted by Gasteiger charge is 2.24. The first-order chi connectivity index (χ1) is 8.10.